The van der Waals surface area contributed by atoms with E-state index in [1.54, 1.807) is 26.0 Å². The number of esters is 1. The molecule has 2 aromatic carbocycles. The van der Waals surface area contributed by atoms with E-state index in [0.717, 1.165) is 57.4 Å². The molecule has 1 fully saturated rings. The lowest BCUT2D eigenvalue weighted by Gasteiger charge is -2.39. The molecule has 0 radical (unpaired) electrons. The van der Waals surface area contributed by atoms with Crippen molar-refractivity contribution in [2.24, 2.45) is 11.8 Å². The predicted molar refractivity (Wildman–Crippen MR) is 148 cm³/mol. The van der Waals surface area contributed by atoms with Crippen molar-refractivity contribution in [3.63, 3.8) is 0 Å². The standard InChI is InChI=1S/C32H41F3O5/c1-4-5-6-7-11-20-39-27-19-18-26(28(33)29(27)34)30(36)40-25-16-14-23(15-17-25)21(2)22(3)32(35,31(37)38)24-12-9-8-10-13-24/h14-19,21-22,24H,4-13,20H2,1-3H3,(H,37,38)/t21?,22-,32+/m0/s1. The van der Waals surface area contributed by atoms with E-state index in [2.05, 4.69) is 6.92 Å². The summed E-state index contributed by atoms with van der Waals surface area (Å²) in [6.07, 6.45) is 8.68. The van der Waals surface area contributed by atoms with Crippen LogP contribution >= 0.6 is 0 Å². The lowest BCUT2D eigenvalue weighted by molar-refractivity contribution is -0.162. The van der Waals surface area contributed by atoms with Crippen molar-refractivity contribution < 1.29 is 37.3 Å². The third-order valence-corrected chi connectivity index (χ3v) is 8.33. The minimum atomic E-state index is -2.35. The summed E-state index contributed by atoms with van der Waals surface area (Å²) < 4.78 is 55.8. The molecule has 1 N–H and O–H groups in total. The second-order valence-corrected chi connectivity index (χ2v) is 10.9. The molecule has 1 saturated carbocycles. The van der Waals surface area contributed by atoms with Gasteiger partial charge in [0.05, 0.1) is 12.2 Å². The molecule has 1 unspecified atom stereocenters. The maximum absolute atomic E-state index is 16.1. The highest BCUT2D eigenvalue weighted by molar-refractivity contribution is 5.91. The van der Waals surface area contributed by atoms with Gasteiger partial charge >= 0.3 is 11.9 Å². The van der Waals surface area contributed by atoms with Crippen LogP contribution in [0.5, 0.6) is 11.5 Å². The molecule has 5 nitrogen and oxygen atoms in total. The average molecular weight is 563 g/mol. The van der Waals surface area contributed by atoms with Crippen molar-refractivity contribution in [1.82, 2.24) is 0 Å². The number of halogens is 3. The lowest BCUT2D eigenvalue weighted by atomic mass is 9.67. The van der Waals surface area contributed by atoms with Crippen molar-refractivity contribution in [2.75, 3.05) is 6.61 Å². The Morgan fingerprint density at radius 3 is 2.23 bits per heavy atom. The zero-order valence-corrected chi connectivity index (χ0v) is 23.7. The van der Waals surface area contributed by atoms with Crippen molar-refractivity contribution in [1.29, 1.82) is 0 Å². The van der Waals surface area contributed by atoms with E-state index in [1.165, 1.54) is 18.2 Å². The summed E-state index contributed by atoms with van der Waals surface area (Å²) in [7, 11) is 0. The summed E-state index contributed by atoms with van der Waals surface area (Å²) in [5, 5.41) is 9.85. The smallest absolute Gasteiger partial charge is 0.346 e. The molecule has 0 heterocycles. The molecule has 3 rings (SSSR count). The highest BCUT2D eigenvalue weighted by Gasteiger charge is 2.52. The number of hydrogen-bond donors (Lipinski definition) is 1. The Morgan fingerprint density at radius 2 is 1.60 bits per heavy atom. The molecule has 1 aliphatic carbocycles. The van der Waals surface area contributed by atoms with Crippen LogP contribution in [-0.4, -0.2) is 29.3 Å². The summed E-state index contributed by atoms with van der Waals surface area (Å²) in [6, 6.07) is 8.54. The highest BCUT2D eigenvalue weighted by Crippen LogP contribution is 2.45. The number of alkyl halides is 1. The fourth-order valence-corrected chi connectivity index (χ4v) is 5.61. The predicted octanol–water partition coefficient (Wildman–Crippen LogP) is 8.65. The van der Waals surface area contributed by atoms with Crippen molar-refractivity contribution in [3.05, 3.63) is 59.2 Å². The monoisotopic (exact) mass is 562 g/mol. The Hall–Kier alpha value is -3.03. The number of benzene rings is 2. The molecule has 3 atom stereocenters. The molecular weight excluding hydrogens is 521 g/mol. The normalized spacial score (nSPS) is 17.1. The van der Waals surface area contributed by atoms with Crippen LogP contribution in [0.25, 0.3) is 0 Å². The summed E-state index contributed by atoms with van der Waals surface area (Å²) in [5.74, 6) is -7.00. The number of carboxylic acids is 1. The van der Waals surface area contributed by atoms with Gasteiger partial charge in [0.2, 0.25) is 11.5 Å². The first-order chi connectivity index (χ1) is 19.1. The quantitative estimate of drug-likeness (QED) is 0.142. The largest absolute Gasteiger partial charge is 0.490 e. The van der Waals surface area contributed by atoms with Crippen LogP contribution in [-0.2, 0) is 4.79 Å². The van der Waals surface area contributed by atoms with E-state index in [4.69, 9.17) is 9.47 Å². The van der Waals surface area contributed by atoms with E-state index in [-0.39, 0.29) is 18.1 Å². The zero-order valence-electron chi connectivity index (χ0n) is 23.7. The van der Waals surface area contributed by atoms with Crippen LogP contribution in [0.1, 0.15) is 107 Å². The topological polar surface area (TPSA) is 72.8 Å². The fourth-order valence-electron chi connectivity index (χ4n) is 5.61. The van der Waals surface area contributed by atoms with Crippen molar-refractivity contribution in [3.8, 4) is 11.5 Å². The van der Waals surface area contributed by atoms with Crippen LogP contribution in [0.4, 0.5) is 13.2 Å². The van der Waals surface area contributed by atoms with Gasteiger partial charge in [-0.05, 0) is 55.0 Å². The number of carboxylic acid groups (broad SMARTS) is 1. The second kappa shape index (κ2) is 14.6. The van der Waals surface area contributed by atoms with Gasteiger partial charge in [-0.2, -0.15) is 4.39 Å². The Kier molecular flexibility index (Phi) is 11.5. The molecule has 40 heavy (non-hydrogen) atoms. The van der Waals surface area contributed by atoms with Crippen LogP contribution in [0.15, 0.2) is 36.4 Å². The van der Waals surface area contributed by atoms with Crippen LogP contribution in [0.3, 0.4) is 0 Å². The van der Waals surface area contributed by atoms with E-state index in [1.807, 2.05) is 0 Å². The average Bonchev–Trinajstić information content (AvgIpc) is 2.96. The maximum Gasteiger partial charge on any atom is 0.346 e. The molecule has 0 aromatic heterocycles. The SMILES string of the molecule is CCCCCCCOc1ccc(C(=O)Oc2ccc(C(C)[C@H](C)[C@](F)(C(=O)O)C3CCCCC3)cc2)c(F)c1F. The molecule has 0 aliphatic heterocycles. The molecule has 2 aromatic rings. The van der Waals surface area contributed by atoms with Crippen LogP contribution < -0.4 is 9.47 Å². The zero-order chi connectivity index (χ0) is 29.3. The number of carbonyl (C=O) groups is 2. The Balaban J connectivity index is 1.64. The molecular formula is C32H41F3O5. The molecule has 0 saturated heterocycles. The first-order valence-electron chi connectivity index (χ1n) is 14.5. The number of ether oxygens (including phenoxy) is 2. The van der Waals surface area contributed by atoms with Gasteiger partial charge in [-0.15, -0.1) is 0 Å². The number of aliphatic carboxylic acids is 1. The molecule has 0 spiro atoms. The van der Waals surface area contributed by atoms with Gasteiger partial charge in [0.1, 0.15) is 5.75 Å². The van der Waals surface area contributed by atoms with Crippen molar-refractivity contribution in [2.45, 2.75) is 96.6 Å². The number of carbonyl (C=O) groups excluding carboxylic acids is 1. The minimum Gasteiger partial charge on any atom is -0.490 e. The summed E-state index contributed by atoms with van der Waals surface area (Å²) >= 11 is 0. The summed E-state index contributed by atoms with van der Waals surface area (Å²) in [4.78, 5) is 24.7. The van der Waals surface area contributed by atoms with E-state index in [0.29, 0.717) is 18.4 Å². The Morgan fingerprint density at radius 1 is 0.950 bits per heavy atom. The van der Waals surface area contributed by atoms with E-state index in [9.17, 15) is 23.5 Å². The molecule has 1 aliphatic rings. The van der Waals surface area contributed by atoms with Gasteiger partial charge in [-0.3, -0.25) is 0 Å². The molecule has 0 amide bonds. The molecule has 0 bridgehead atoms. The summed E-state index contributed by atoms with van der Waals surface area (Å²) in [6.45, 7) is 5.76. The van der Waals surface area contributed by atoms with E-state index < -0.39 is 52.6 Å². The number of rotatable bonds is 14. The third-order valence-electron chi connectivity index (χ3n) is 8.33. The lowest BCUT2D eigenvalue weighted by Crippen LogP contribution is -2.49. The van der Waals surface area contributed by atoms with Gasteiger partial charge in [0.15, 0.2) is 11.6 Å². The third kappa shape index (κ3) is 7.38. The number of unbranched alkanes of at least 4 members (excludes halogenated alkanes) is 4. The van der Waals surface area contributed by atoms with Crippen LogP contribution in [0, 0.1) is 23.5 Å². The Bertz CT molecular complexity index is 1130. The highest BCUT2D eigenvalue weighted by atomic mass is 19.2. The van der Waals surface area contributed by atoms with Gasteiger partial charge in [-0.1, -0.05) is 77.8 Å². The van der Waals surface area contributed by atoms with Gasteiger partial charge in [-0.25, -0.2) is 18.4 Å². The second-order valence-electron chi connectivity index (χ2n) is 10.9. The van der Waals surface area contributed by atoms with Gasteiger partial charge in [0, 0.05) is 11.8 Å². The molecule has 8 heteroatoms. The molecule has 220 valence electrons. The van der Waals surface area contributed by atoms with Gasteiger partial charge in [0.25, 0.3) is 0 Å². The van der Waals surface area contributed by atoms with Crippen LogP contribution in [0.2, 0.25) is 0 Å². The fraction of sp³-hybridized carbons (Fsp3) is 0.562. The first-order valence-corrected chi connectivity index (χ1v) is 14.5. The maximum atomic E-state index is 16.1. The van der Waals surface area contributed by atoms with E-state index >= 15 is 4.39 Å². The first kappa shape index (κ1) is 31.5. The summed E-state index contributed by atoms with van der Waals surface area (Å²) in [5.41, 5.74) is -2.23. The Labute approximate surface area is 235 Å². The van der Waals surface area contributed by atoms with Gasteiger partial charge < -0.3 is 14.6 Å². The number of hydrogen-bond acceptors (Lipinski definition) is 4. The van der Waals surface area contributed by atoms with Crippen molar-refractivity contribution >= 4 is 11.9 Å². The minimum absolute atomic E-state index is 0.0952.